The molecule has 0 unspecified atom stereocenters. The Morgan fingerprint density at radius 1 is 1.21 bits per heavy atom. The number of esters is 1. The van der Waals surface area contributed by atoms with E-state index in [0.717, 1.165) is 27.7 Å². The lowest BCUT2D eigenvalue weighted by molar-refractivity contribution is -0.142. The molecule has 0 aliphatic carbocycles. The average Bonchev–Trinajstić information content (AvgIpc) is 2.50. The van der Waals surface area contributed by atoms with Gasteiger partial charge in [0, 0.05) is 16.6 Å². The van der Waals surface area contributed by atoms with Gasteiger partial charge < -0.3 is 10.1 Å². The molecule has 2 rings (SSSR count). The van der Waals surface area contributed by atoms with E-state index in [1.165, 1.54) is 7.11 Å². The van der Waals surface area contributed by atoms with E-state index >= 15 is 0 Å². The van der Waals surface area contributed by atoms with E-state index in [1.807, 2.05) is 38.1 Å². The second-order valence-corrected chi connectivity index (χ2v) is 6.68. The molecule has 0 aliphatic rings. The molecule has 5 heteroatoms. The van der Waals surface area contributed by atoms with Crippen molar-refractivity contribution in [3.8, 4) is 0 Å². The van der Waals surface area contributed by atoms with Crippen LogP contribution >= 0.6 is 0 Å². The summed E-state index contributed by atoms with van der Waals surface area (Å²) in [7, 11) is 1.34. The maximum absolute atomic E-state index is 12.4. The third-order valence-corrected chi connectivity index (χ3v) is 4.11. The van der Waals surface area contributed by atoms with Crippen molar-refractivity contribution in [1.82, 2.24) is 10.3 Å². The smallest absolute Gasteiger partial charge is 0.307 e. The van der Waals surface area contributed by atoms with E-state index in [0.29, 0.717) is 0 Å². The molecule has 1 aromatic carbocycles. The normalized spacial score (nSPS) is 11.4. The van der Waals surface area contributed by atoms with Crippen molar-refractivity contribution >= 4 is 22.8 Å². The Labute approximate surface area is 142 Å². The van der Waals surface area contributed by atoms with Gasteiger partial charge in [-0.1, -0.05) is 18.2 Å². The summed E-state index contributed by atoms with van der Waals surface area (Å²) in [6.07, 6.45) is 0.364. The number of aromatic nitrogens is 1. The van der Waals surface area contributed by atoms with Crippen LogP contribution in [0.1, 0.15) is 37.1 Å². The highest BCUT2D eigenvalue weighted by molar-refractivity contribution is 5.87. The first-order chi connectivity index (χ1) is 11.2. The van der Waals surface area contributed by atoms with Crippen molar-refractivity contribution in [1.29, 1.82) is 0 Å². The second-order valence-electron chi connectivity index (χ2n) is 6.68. The molecule has 0 atom stereocenters. The Bertz CT molecular complexity index is 782. The number of methoxy groups -OCH3 is 1. The largest absolute Gasteiger partial charge is 0.469 e. The maximum Gasteiger partial charge on any atom is 0.307 e. The lowest BCUT2D eigenvalue weighted by atomic mass is 9.97. The van der Waals surface area contributed by atoms with Gasteiger partial charge in [-0.15, -0.1) is 0 Å². The number of rotatable bonds is 5. The number of amides is 1. The van der Waals surface area contributed by atoms with Gasteiger partial charge in [0.05, 0.1) is 25.5 Å². The van der Waals surface area contributed by atoms with Crippen LogP contribution in [0.5, 0.6) is 0 Å². The van der Waals surface area contributed by atoms with Gasteiger partial charge in [0.1, 0.15) is 0 Å². The summed E-state index contributed by atoms with van der Waals surface area (Å²) in [5, 5.41) is 3.96. The fourth-order valence-corrected chi connectivity index (χ4v) is 2.89. The Morgan fingerprint density at radius 3 is 2.54 bits per heavy atom. The Balaban J connectivity index is 2.20. The first-order valence-electron chi connectivity index (χ1n) is 7.96. The molecule has 1 N–H and O–H groups in total. The number of nitrogens with one attached hydrogen (secondary N) is 1. The molecule has 0 spiro atoms. The number of hydrogen-bond acceptors (Lipinski definition) is 4. The molecule has 2 aromatic rings. The third-order valence-electron chi connectivity index (χ3n) is 4.11. The summed E-state index contributed by atoms with van der Waals surface area (Å²) in [5.41, 5.74) is 3.13. The minimum Gasteiger partial charge on any atom is -0.469 e. The Hall–Kier alpha value is -2.43. The molecule has 0 aliphatic heterocycles. The zero-order valence-electron chi connectivity index (χ0n) is 14.9. The Morgan fingerprint density at radius 2 is 1.88 bits per heavy atom. The van der Waals surface area contributed by atoms with Gasteiger partial charge in [0.15, 0.2) is 0 Å². The minimum absolute atomic E-state index is 0.128. The molecule has 0 radical (unpaired) electrons. The number of para-hydroxylation sites is 1. The van der Waals surface area contributed by atoms with Crippen LogP contribution < -0.4 is 5.32 Å². The van der Waals surface area contributed by atoms with Crippen LogP contribution in [0.2, 0.25) is 0 Å². The predicted octanol–water partition coefficient (Wildman–Crippen LogP) is 2.85. The summed E-state index contributed by atoms with van der Waals surface area (Å²) in [5.74, 6) is -0.479. The van der Waals surface area contributed by atoms with Gasteiger partial charge in [0.25, 0.3) is 0 Å². The van der Waals surface area contributed by atoms with Gasteiger partial charge in [-0.3, -0.25) is 14.6 Å². The van der Waals surface area contributed by atoms with E-state index in [9.17, 15) is 9.59 Å². The average molecular weight is 328 g/mol. The molecule has 5 nitrogen and oxygen atoms in total. The van der Waals surface area contributed by atoms with Crippen LogP contribution in [0.3, 0.4) is 0 Å². The van der Waals surface area contributed by atoms with Gasteiger partial charge >= 0.3 is 5.97 Å². The summed E-state index contributed by atoms with van der Waals surface area (Å²) < 4.78 is 4.67. The highest BCUT2D eigenvalue weighted by Crippen LogP contribution is 2.23. The maximum atomic E-state index is 12.4. The standard InChI is InChI=1S/C19H24N2O3/c1-12-14-8-6-7-9-16(14)20-13(2)15(12)10-17(22)21-19(3,4)11-18(23)24-5/h6-9H,10-11H2,1-5H3,(H,21,22). The van der Waals surface area contributed by atoms with E-state index in [2.05, 4.69) is 15.0 Å². The Kier molecular flexibility index (Phi) is 5.22. The van der Waals surface area contributed by atoms with Crippen molar-refractivity contribution in [2.24, 2.45) is 0 Å². The molecule has 1 heterocycles. The third kappa shape index (κ3) is 4.10. The number of fused-ring (bicyclic) bond motifs is 1. The van der Waals surface area contributed by atoms with Gasteiger partial charge in [-0.05, 0) is 44.9 Å². The number of aryl methyl sites for hydroxylation is 2. The van der Waals surface area contributed by atoms with Crippen molar-refractivity contribution in [3.05, 3.63) is 41.1 Å². The summed E-state index contributed by atoms with van der Waals surface area (Å²) >= 11 is 0. The molecular formula is C19H24N2O3. The van der Waals surface area contributed by atoms with Crippen LogP contribution in [-0.2, 0) is 20.7 Å². The summed E-state index contributed by atoms with van der Waals surface area (Å²) in [6.45, 7) is 7.54. The quantitative estimate of drug-likeness (QED) is 0.857. The van der Waals surface area contributed by atoms with Crippen molar-refractivity contribution in [2.75, 3.05) is 7.11 Å². The zero-order valence-corrected chi connectivity index (χ0v) is 14.9. The van der Waals surface area contributed by atoms with E-state index in [4.69, 9.17) is 0 Å². The lowest BCUT2D eigenvalue weighted by Crippen LogP contribution is -2.45. The van der Waals surface area contributed by atoms with Crippen molar-refractivity contribution in [3.63, 3.8) is 0 Å². The van der Waals surface area contributed by atoms with Gasteiger partial charge in [-0.2, -0.15) is 0 Å². The van der Waals surface area contributed by atoms with Gasteiger partial charge in [0.2, 0.25) is 5.91 Å². The van der Waals surface area contributed by atoms with Crippen LogP contribution in [0.4, 0.5) is 0 Å². The summed E-state index contributed by atoms with van der Waals surface area (Å²) in [4.78, 5) is 28.5. The van der Waals surface area contributed by atoms with Crippen LogP contribution in [-0.4, -0.2) is 29.5 Å². The SMILES string of the molecule is COC(=O)CC(C)(C)NC(=O)Cc1c(C)nc2ccccc2c1C. The van der Waals surface area contributed by atoms with Crippen LogP contribution in [0.25, 0.3) is 10.9 Å². The minimum atomic E-state index is -0.656. The van der Waals surface area contributed by atoms with Crippen LogP contribution in [0.15, 0.2) is 24.3 Å². The van der Waals surface area contributed by atoms with Crippen molar-refractivity contribution < 1.29 is 14.3 Å². The molecule has 0 fully saturated rings. The molecule has 0 bridgehead atoms. The molecule has 128 valence electrons. The number of ether oxygens (including phenoxy) is 1. The fourth-order valence-electron chi connectivity index (χ4n) is 2.89. The highest BCUT2D eigenvalue weighted by atomic mass is 16.5. The number of benzene rings is 1. The van der Waals surface area contributed by atoms with E-state index < -0.39 is 5.54 Å². The zero-order chi connectivity index (χ0) is 17.9. The molecule has 1 aromatic heterocycles. The fraction of sp³-hybridized carbons (Fsp3) is 0.421. The molecule has 24 heavy (non-hydrogen) atoms. The van der Waals surface area contributed by atoms with Crippen LogP contribution in [0, 0.1) is 13.8 Å². The summed E-state index contributed by atoms with van der Waals surface area (Å²) in [6, 6.07) is 7.91. The van der Waals surface area contributed by atoms with Gasteiger partial charge in [-0.25, -0.2) is 0 Å². The first kappa shape index (κ1) is 17.9. The van der Waals surface area contributed by atoms with E-state index in [-0.39, 0.29) is 24.7 Å². The molecule has 0 saturated carbocycles. The molecular weight excluding hydrogens is 304 g/mol. The second kappa shape index (κ2) is 6.99. The van der Waals surface area contributed by atoms with E-state index in [1.54, 1.807) is 13.8 Å². The highest BCUT2D eigenvalue weighted by Gasteiger charge is 2.25. The first-order valence-corrected chi connectivity index (χ1v) is 7.96. The van der Waals surface area contributed by atoms with Crippen molar-refractivity contribution in [2.45, 2.75) is 46.1 Å². The number of carbonyl (C=O) groups is 2. The predicted molar refractivity (Wildman–Crippen MR) is 93.8 cm³/mol. The lowest BCUT2D eigenvalue weighted by Gasteiger charge is -2.25. The number of pyridine rings is 1. The molecule has 0 saturated heterocycles. The molecule has 1 amide bonds. The number of hydrogen-bond donors (Lipinski definition) is 1. The number of nitrogens with zero attached hydrogens (tertiary/aromatic N) is 1. The topological polar surface area (TPSA) is 68.3 Å². The monoisotopic (exact) mass is 328 g/mol. The number of carbonyl (C=O) groups excluding carboxylic acids is 2.